The van der Waals surface area contributed by atoms with Crippen LogP contribution in [-0.4, -0.2) is 53.9 Å². The van der Waals surface area contributed by atoms with E-state index in [0.29, 0.717) is 12.3 Å². The number of hydrogen-bond donors (Lipinski definition) is 3. The van der Waals surface area contributed by atoms with Crippen molar-refractivity contribution in [3.05, 3.63) is 59.2 Å². The fourth-order valence-electron chi connectivity index (χ4n) is 3.38. The van der Waals surface area contributed by atoms with Crippen molar-refractivity contribution >= 4 is 24.3 Å². The van der Waals surface area contributed by atoms with E-state index in [-0.39, 0.29) is 0 Å². The molecule has 198 valence electrons. The Morgan fingerprint density at radius 3 is 2.25 bits per heavy atom. The zero-order valence-corrected chi connectivity index (χ0v) is 22.6. The fraction of sp³-hybridized carbons (Fsp3) is 0.483. The summed E-state index contributed by atoms with van der Waals surface area (Å²) in [6.45, 7) is 15.0. The van der Waals surface area contributed by atoms with Gasteiger partial charge in [0.2, 0.25) is 0 Å². The van der Waals surface area contributed by atoms with E-state index in [0.717, 1.165) is 48.1 Å². The zero-order chi connectivity index (χ0) is 26.9. The first kappa shape index (κ1) is 30.7. The highest BCUT2D eigenvalue weighted by atomic mass is 16.4. The molecule has 36 heavy (non-hydrogen) atoms. The summed E-state index contributed by atoms with van der Waals surface area (Å²) in [6.07, 6.45) is 4.74. The van der Waals surface area contributed by atoms with Gasteiger partial charge in [0.05, 0.1) is 12.2 Å². The average Bonchev–Trinajstić information content (AvgIpc) is 2.89. The van der Waals surface area contributed by atoms with Crippen molar-refractivity contribution < 1.29 is 15.0 Å². The van der Waals surface area contributed by atoms with E-state index in [1.807, 2.05) is 23.5 Å². The van der Waals surface area contributed by atoms with Gasteiger partial charge in [0, 0.05) is 32.1 Å². The summed E-state index contributed by atoms with van der Waals surface area (Å²) in [5.41, 5.74) is 4.11. The molecule has 1 aliphatic rings. The van der Waals surface area contributed by atoms with Crippen LogP contribution in [0.2, 0.25) is 0 Å². The average molecular weight is 497 g/mol. The number of nitrogens with zero attached hydrogens (tertiary/aromatic N) is 3. The highest BCUT2D eigenvalue weighted by molar-refractivity contribution is 5.86. The van der Waals surface area contributed by atoms with Gasteiger partial charge in [-0.25, -0.2) is 4.79 Å². The monoisotopic (exact) mass is 496 g/mol. The summed E-state index contributed by atoms with van der Waals surface area (Å²) in [7, 11) is 1.35. The van der Waals surface area contributed by atoms with Crippen molar-refractivity contribution in [1.82, 2.24) is 10.2 Å². The zero-order valence-electron chi connectivity index (χ0n) is 22.6. The standard InChI is InChI=1S/C22H27N3O.C5H12.C2H5NO2/c1-17-10-11-18(20(14-17)23-2)15-22(25-12-6-3-7-13-25)24-16-19-8-4-5-9-21(19)26;1-4-5(2)3;1-3-2(4)5/h4-5,8-11,14,26H,2-3,6-7,12-13,15-16H2,1H3;5H,4H2,1-3H3;3H,1H3,(H,4,5). The minimum Gasteiger partial charge on any atom is -0.508 e. The van der Waals surface area contributed by atoms with Gasteiger partial charge in [0.1, 0.15) is 11.6 Å². The van der Waals surface area contributed by atoms with Gasteiger partial charge in [0.15, 0.2) is 0 Å². The van der Waals surface area contributed by atoms with Gasteiger partial charge in [-0.05, 0) is 62.1 Å². The number of nitrogens with one attached hydrogen (secondary N) is 1. The number of aromatic hydroxyl groups is 1. The molecule has 3 rings (SSSR count). The number of aryl methyl sites for hydroxylation is 1. The van der Waals surface area contributed by atoms with Crippen molar-refractivity contribution in [1.29, 1.82) is 0 Å². The summed E-state index contributed by atoms with van der Waals surface area (Å²) in [4.78, 5) is 20.7. The highest BCUT2D eigenvalue weighted by Gasteiger charge is 2.17. The van der Waals surface area contributed by atoms with E-state index in [1.54, 1.807) is 6.07 Å². The van der Waals surface area contributed by atoms with Crippen LogP contribution in [0.1, 0.15) is 63.1 Å². The molecule has 1 fully saturated rings. The smallest absolute Gasteiger partial charge is 0.404 e. The van der Waals surface area contributed by atoms with Crippen LogP contribution >= 0.6 is 0 Å². The molecule has 1 aliphatic heterocycles. The van der Waals surface area contributed by atoms with Crippen molar-refractivity contribution in [2.45, 2.75) is 66.3 Å². The predicted octanol–water partition coefficient (Wildman–Crippen LogP) is 6.60. The molecule has 7 nitrogen and oxygen atoms in total. The van der Waals surface area contributed by atoms with Crippen LogP contribution in [0.3, 0.4) is 0 Å². The van der Waals surface area contributed by atoms with Gasteiger partial charge in [-0.3, -0.25) is 9.98 Å². The number of carboxylic acid groups (broad SMARTS) is 1. The molecule has 0 spiro atoms. The maximum atomic E-state index is 10.0. The van der Waals surface area contributed by atoms with E-state index in [9.17, 15) is 9.90 Å². The largest absolute Gasteiger partial charge is 0.508 e. The van der Waals surface area contributed by atoms with Gasteiger partial charge in [-0.2, -0.15) is 0 Å². The lowest BCUT2D eigenvalue weighted by Gasteiger charge is -2.30. The lowest BCUT2D eigenvalue weighted by atomic mass is 10.0. The Morgan fingerprint density at radius 2 is 1.72 bits per heavy atom. The van der Waals surface area contributed by atoms with Crippen LogP contribution < -0.4 is 5.32 Å². The fourth-order valence-corrected chi connectivity index (χ4v) is 3.38. The molecule has 7 heteroatoms. The molecule has 3 N–H and O–H groups in total. The van der Waals surface area contributed by atoms with Crippen LogP contribution in [0, 0.1) is 12.8 Å². The number of rotatable bonds is 6. The summed E-state index contributed by atoms with van der Waals surface area (Å²) in [5, 5.41) is 19.6. The first-order chi connectivity index (χ1) is 17.2. The maximum absolute atomic E-state index is 10.0. The van der Waals surface area contributed by atoms with Gasteiger partial charge in [-0.15, -0.1) is 0 Å². The quantitative estimate of drug-likeness (QED) is 0.310. The molecule has 0 radical (unpaired) electrons. The lowest BCUT2D eigenvalue weighted by Crippen LogP contribution is -2.37. The number of amidine groups is 1. The van der Waals surface area contributed by atoms with Crippen LogP contribution in [0.4, 0.5) is 10.5 Å². The van der Waals surface area contributed by atoms with E-state index in [1.165, 1.54) is 38.3 Å². The van der Waals surface area contributed by atoms with E-state index in [4.69, 9.17) is 10.1 Å². The molecular formula is C29H44N4O3. The molecule has 1 saturated heterocycles. The maximum Gasteiger partial charge on any atom is 0.404 e. The third-order valence-corrected chi connectivity index (χ3v) is 5.93. The topological polar surface area (TPSA) is 97.5 Å². The van der Waals surface area contributed by atoms with E-state index in [2.05, 4.69) is 62.5 Å². The molecule has 2 aromatic carbocycles. The Labute approximate surface area is 217 Å². The summed E-state index contributed by atoms with van der Waals surface area (Å²) in [6, 6.07) is 13.7. The summed E-state index contributed by atoms with van der Waals surface area (Å²) < 4.78 is 0. The number of aliphatic imine (C=N–C) groups is 2. The van der Waals surface area contributed by atoms with Gasteiger partial charge >= 0.3 is 6.09 Å². The number of carbonyl (C=O) groups is 1. The molecule has 0 unspecified atom stereocenters. The number of amides is 1. The second-order valence-electron chi connectivity index (χ2n) is 9.23. The van der Waals surface area contributed by atoms with Crippen molar-refractivity contribution in [3.63, 3.8) is 0 Å². The predicted molar refractivity (Wildman–Crippen MR) is 151 cm³/mol. The van der Waals surface area contributed by atoms with Crippen LogP contribution in [0.25, 0.3) is 0 Å². The molecule has 0 aliphatic carbocycles. The Balaban J connectivity index is 0.000000550. The number of piperidine rings is 1. The molecule has 1 amide bonds. The minimum absolute atomic E-state index is 0.304. The first-order valence-corrected chi connectivity index (χ1v) is 12.7. The van der Waals surface area contributed by atoms with Gasteiger partial charge < -0.3 is 20.4 Å². The summed E-state index contributed by atoms with van der Waals surface area (Å²) >= 11 is 0. The molecule has 0 aromatic heterocycles. The minimum atomic E-state index is -0.995. The highest BCUT2D eigenvalue weighted by Crippen LogP contribution is 2.23. The Morgan fingerprint density at radius 1 is 1.11 bits per heavy atom. The van der Waals surface area contributed by atoms with Crippen LogP contribution in [0.15, 0.2) is 52.4 Å². The summed E-state index contributed by atoms with van der Waals surface area (Å²) in [5.74, 6) is 2.26. The SMILES string of the molecule is C=Nc1cc(C)ccc1CC(=NCc1ccccc1O)N1CCCCC1.CCC(C)C.CNC(=O)O. The van der Waals surface area contributed by atoms with Crippen LogP contribution in [-0.2, 0) is 13.0 Å². The van der Waals surface area contributed by atoms with E-state index >= 15 is 0 Å². The van der Waals surface area contributed by atoms with Crippen molar-refractivity contribution in [2.75, 3.05) is 20.1 Å². The van der Waals surface area contributed by atoms with E-state index < -0.39 is 6.09 Å². The first-order valence-electron chi connectivity index (χ1n) is 12.7. The number of phenols is 1. The normalized spacial score (nSPS) is 13.2. The second-order valence-corrected chi connectivity index (χ2v) is 9.23. The van der Waals surface area contributed by atoms with Crippen LogP contribution in [0.5, 0.6) is 5.75 Å². The second kappa shape index (κ2) is 17.1. The van der Waals surface area contributed by atoms with Crippen molar-refractivity contribution in [3.8, 4) is 5.75 Å². The number of benzene rings is 2. The third-order valence-electron chi connectivity index (χ3n) is 5.93. The molecule has 0 bridgehead atoms. The molecule has 2 aromatic rings. The molecule has 0 saturated carbocycles. The Bertz CT molecular complexity index is 967. The van der Waals surface area contributed by atoms with Gasteiger partial charge in [0.25, 0.3) is 0 Å². The number of likely N-dealkylation sites (tertiary alicyclic amines) is 1. The molecule has 1 heterocycles. The Kier molecular flexibility index (Phi) is 14.6. The Hall–Kier alpha value is -3.35. The van der Waals surface area contributed by atoms with Crippen molar-refractivity contribution in [2.24, 2.45) is 15.9 Å². The number of phenolic OH excluding ortho intramolecular Hbond substituents is 1. The number of hydrogen-bond acceptors (Lipinski definition) is 4. The number of para-hydroxylation sites is 1. The van der Waals surface area contributed by atoms with Gasteiger partial charge in [-0.1, -0.05) is 57.5 Å². The molecular weight excluding hydrogens is 452 g/mol. The molecule has 0 atom stereocenters. The lowest BCUT2D eigenvalue weighted by molar-refractivity contribution is 0.197. The third kappa shape index (κ3) is 11.9.